The van der Waals surface area contributed by atoms with Crippen LogP contribution in [0, 0.1) is 0 Å². The van der Waals surface area contributed by atoms with E-state index in [-0.39, 0.29) is 0 Å². The normalized spacial score (nSPS) is 28.3. The van der Waals surface area contributed by atoms with Gasteiger partial charge in [0, 0.05) is 37.7 Å². The Kier molecular flexibility index (Phi) is 4.21. The molecule has 2 heterocycles. The van der Waals surface area contributed by atoms with Crippen molar-refractivity contribution in [3.8, 4) is 0 Å². The van der Waals surface area contributed by atoms with Crippen molar-refractivity contribution in [2.75, 3.05) is 32.8 Å². The van der Waals surface area contributed by atoms with E-state index in [4.69, 9.17) is 9.15 Å². The molecule has 106 valence electrons. The Balaban J connectivity index is 1.53. The molecule has 2 aliphatic rings. The molecule has 1 aliphatic heterocycles. The van der Waals surface area contributed by atoms with Gasteiger partial charge in [0.05, 0.1) is 19.0 Å². The zero-order chi connectivity index (χ0) is 13.1. The summed E-state index contributed by atoms with van der Waals surface area (Å²) in [5.74, 6) is 1.17. The SMILES string of the molecule is CCN1CCOC(CNC2CCCc3occc32)C1. The van der Waals surface area contributed by atoms with E-state index in [1.54, 1.807) is 0 Å². The average molecular weight is 264 g/mol. The van der Waals surface area contributed by atoms with Crippen LogP contribution < -0.4 is 5.32 Å². The molecule has 1 fully saturated rings. The first-order chi connectivity index (χ1) is 9.36. The number of nitrogens with zero attached hydrogens (tertiary/aromatic N) is 1. The van der Waals surface area contributed by atoms with Crippen molar-refractivity contribution in [1.29, 1.82) is 0 Å². The predicted molar refractivity (Wildman–Crippen MR) is 74.2 cm³/mol. The Hall–Kier alpha value is -0.840. The molecule has 4 heteroatoms. The van der Waals surface area contributed by atoms with Gasteiger partial charge in [-0.15, -0.1) is 0 Å². The van der Waals surface area contributed by atoms with Crippen LogP contribution in [-0.4, -0.2) is 43.8 Å². The highest BCUT2D eigenvalue weighted by Gasteiger charge is 2.24. The van der Waals surface area contributed by atoms with Gasteiger partial charge in [0.2, 0.25) is 0 Å². The van der Waals surface area contributed by atoms with Crippen LogP contribution in [0.4, 0.5) is 0 Å². The number of aryl methyl sites for hydroxylation is 1. The minimum atomic E-state index is 0.325. The second kappa shape index (κ2) is 6.07. The maximum atomic E-state index is 5.84. The van der Waals surface area contributed by atoms with E-state index >= 15 is 0 Å². The molecule has 1 aromatic heterocycles. The van der Waals surface area contributed by atoms with Gasteiger partial charge in [0.1, 0.15) is 5.76 Å². The van der Waals surface area contributed by atoms with Gasteiger partial charge in [-0.2, -0.15) is 0 Å². The summed E-state index contributed by atoms with van der Waals surface area (Å²) in [6.07, 6.45) is 5.65. The standard InChI is InChI=1S/C15H24N2O2/c1-2-17-7-9-18-12(11-17)10-16-14-4-3-5-15-13(14)6-8-19-15/h6,8,12,14,16H,2-5,7,9-11H2,1H3. The first-order valence-electron chi connectivity index (χ1n) is 7.50. The lowest BCUT2D eigenvalue weighted by atomic mass is 9.93. The molecule has 1 aliphatic carbocycles. The van der Waals surface area contributed by atoms with E-state index in [9.17, 15) is 0 Å². The maximum absolute atomic E-state index is 5.84. The van der Waals surface area contributed by atoms with E-state index in [2.05, 4.69) is 23.2 Å². The van der Waals surface area contributed by atoms with E-state index in [1.165, 1.54) is 24.2 Å². The molecule has 0 saturated carbocycles. The molecule has 1 N–H and O–H groups in total. The summed E-state index contributed by atoms with van der Waals surface area (Å²) in [7, 11) is 0. The maximum Gasteiger partial charge on any atom is 0.108 e. The van der Waals surface area contributed by atoms with Crippen LogP contribution in [0.25, 0.3) is 0 Å². The first kappa shape index (κ1) is 13.2. The van der Waals surface area contributed by atoms with Gasteiger partial charge >= 0.3 is 0 Å². The van der Waals surface area contributed by atoms with E-state index in [1.807, 2.05) is 6.26 Å². The Morgan fingerprint density at radius 3 is 3.32 bits per heavy atom. The van der Waals surface area contributed by atoms with Gasteiger partial charge in [-0.05, 0) is 25.5 Å². The molecular weight excluding hydrogens is 240 g/mol. The third kappa shape index (κ3) is 3.02. The van der Waals surface area contributed by atoms with Crippen LogP contribution in [0.15, 0.2) is 16.7 Å². The fourth-order valence-corrected chi connectivity index (χ4v) is 3.16. The van der Waals surface area contributed by atoms with Crippen LogP contribution in [0.5, 0.6) is 0 Å². The second-order valence-electron chi connectivity index (χ2n) is 5.54. The van der Waals surface area contributed by atoms with Gasteiger partial charge in [0.15, 0.2) is 0 Å². The van der Waals surface area contributed by atoms with Crippen molar-refractivity contribution in [3.63, 3.8) is 0 Å². The molecule has 0 spiro atoms. The van der Waals surface area contributed by atoms with Crippen molar-refractivity contribution in [2.24, 2.45) is 0 Å². The number of fused-ring (bicyclic) bond motifs is 1. The summed E-state index contributed by atoms with van der Waals surface area (Å²) in [5.41, 5.74) is 1.36. The molecule has 2 unspecified atom stereocenters. The molecule has 2 atom stereocenters. The third-order valence-electron chi connectivity index (χ3n) is 4.31. The quantitative estimate of drug-likeness (QED) is 0.902. The summed E-state index contributed by atoms with van der Waals surface area (Å²) < 4.78 is 11.4. The van der Waals surface area contributed by atoms with Crippen molar-refractivity contribution in [1.82, 2.24) is 10.2 Å². The number of rotatable bonds is 4. The molecule has 19 heavy (non-hydrogen) atoms. The number of morpholine rings is 1. The van der Waals surface area contributed by atoms with E-state index in [0.717, 1.165) is 39.2 Å². The predicted octanol–water partition coefficient (Wildman–Crippen LogP) is 1.97. The minimum absolute atomic E-state index is 0.325. The lowest BCUT2D eigenvalue weighted by Crippen LogP contribution is -2.47. The molecule has 3 rings (SSSR count). The topological polar surface area (TPSA) is 37.6 Å². The van der Waals surface area contributed by atoms with Crippen LogP contribution in [0.1, 0.15) is 37.1 Å². The van der Waals surface area contributed by atoms with Crippen LogP contribution in [-0.2, 0) is 11.2 Å². The fourth-order valence-electron chi connectivity index (χ4n) is 3.16. The van der Waals surface area contributed by atoms with Gasteiger partial charge < -0.3 is 14.5 Å². The van der Waals surface area contributed by atoms with Crippen molar-refractivity contribution in [2.45, 2.75) is 38.3 Å². The minimum Gasteiger partial charge on any atom is -0.469 e. The lowest BCUT2D eigenvalue weighted by molar-refractivity contribution is -0.0266. The van der Waals surface area contributed by atoms with E-state index in [0.29, 0.717) is 12.1 Å². The summed E-state index contributed by atoms with van der Waals surface area (Å²) in [6.45, 7) is 7.26. The number of hydrogen-bond donors (Lipinski definition) is 1. The molecule has 0 aromatic carbocycles. The molecule has 4 nitrogen and oxygen atoms in total. The fraction of sp³-hybridized carbons (Fsp3) is 0.733. The number of likely N-dealkylation sites (N-methyl/N-ethyl adjacent to an activating group) is 1. The molecule has 0 amide bonds. The van der Waals surface area contributed by atoms with Gasteiger partial charge in [-0.3, -0.25) is 4.90 Å². The monoisotopic (exact) mass is 264 g/mol. The Bertz CT molecular complexity index is 405. The van der Waals surface area contributed by atoms with Gasteiger partial charge in [0.25, 0.3) is 0 Å². The first-order valence-corrected chi connectivity index (χ1v) is 7.50. The lowest BCUT2D eigenvalue weighted by Gasteiger charge is -2.33. The van der Waals surface area contributed by atoms with Crippen molar-refractivity contribution >= 4 is 0 Å². The number of ether oxygens (including phenoxy) is 1. The zero-order valence-electron chi connectivity index (χ0n) is 11.7. The summed E-state index contributed by atoms with van der Waals surface area (Å²) in [4.78, 5) is 2.46. The van der Waals surface area contributed by atoms with E-state index < -0.39 is 0 Å². The molecule has 1 aromatic rings. The van der Waals surface area contributed by atoms with Gasteiger partial charge in [-0.25, -0.2) is 0 Å². The highest BCUT2D eigenvalue weighted by Crippen LogP contribution is 2.30. The summed E-state index contributed by atoms with van der Waals surface area (Å²) in [6, 6.07) is 2.56. The third-order valence-corrected chi connectivity index (χ3v) is 4.31. The Morgan fingerprint density at radius 2 is 2.42 bits per heavy atom. The molecule has 0 radical (unpaired) electrons. The largest absolute Gasteiger partial charge is 0.469 e. The van der Waals surface area contributed by atoms with Gasteiger partial charge in [-0.1, -0.05) is 6.92 Å². The van der Waals surface area contributed by atoms with Crippen molar-refractivity contribution in [3.05, 3.63) is 23.7 Å². The van der Waals surface area contributed by atoms with Crippen LogP contribution in [0.3, 0.4) is 0 Å². The Labute approximate surface area is 115 Å². The highest BCUT2D eigenvalue weighted by atomic mass is 16.5. The van der Waals surface area contributed by atoms with Crippen LogP contribution >= 0.6 is 0 Å². The second-order valence-corrected chi connectivity index (χ2v) is 5.54. The van der Waals surface area contributed by atoms with Crippen LogP contribution in [0.2, 0.25) is 0 Å². The summed E-state index contributed by atoms with van der Waals surface area (Å²) in [5, 5.41) is 3.67. The smallest absolute Gasteiger partial charge is 0.108 e. The summed E-state index contributed by atoms with van der Waals surface area (Å²) >= 11 is 0. The molecule has 0 bridgehead atoms. The van der Waals surface area contributed by atoms with Crippen molar-refractivity contribution < 1.29 is 9.15 Å². The number of nitrogens with one attached hydrogen (secondary N) is 1. The average Bonchev–Trinajstić information content (AvgIpc) is 2.94. The highest BCUT2D eigenvalue weighted by molar-refractivity contribution is 5.24. The zero-order valence-corrected chi connectivity index (χ0v) is 11.7. The molecular formula is C15H24N2O2. The Morgan fingerprint density at radius 1 is 1.47 bits per heavy atom. The number of hydrogen-bond acceptors (Lipinski definition) is 4. The molecule has 1 saturated heterocycles. The number of furan rings is 1.